The largest absolute Gasteiger partial charge is 0.383 e. The molecule has 0 radical (unpaired) electrons. The normalized spacial score (nSPS) is 16.3. The molecule has 3 rings (SSSR count). The van der Waals surface area contributed by atoms with Crippen LogP contribution < -0.4 is 5.32 Å². The molecular weight excluding hydrogens is 352 g/mol. The van der Waals surface area contributed by atoms with E-state index in [4.69, 9.17) is 16.3 Å². The minimum Gasteiger partial charge on any atom is -0.383 e. The Hall–Kier alpha value is -2.37. The summed E-state index contributed by atoms with van der Waals surface area (Å²) < 4.78 is 5.11. The van der Waals surface area contributed by atoms with Gasteiger partial charge in [0.1, 0.15) is 6.04 Å². The number of rotatable bonds is 6. The summed E-state index contributed by atoms with van der Waals surface area (Å²) >= 11 is 6.00. The maximum absolute atomic E-state index is 13.0. The van der Waals surface area contributed by atoms with E-state index < -0.39 is 6.04 Å². The number of hydrogen-bond acceptors (Lipinski definition) is 3. The first-order chi connectivity index (χ1) is 12.6. The van der Waals surface area contributed by atoms with Crippen LogP contribution in [-0.2, 0) is 27.3 Å². The zero-order valence-electron chi connectivity index (χ0n) is 14.6. The molecule has 0 aliphatic carbocycles. The van der Waals surface area contributed by atoms with Crippen molar-refractivity contribution in [3.05, 3.63) is 70.2 Å². The number of amides is 2. The van der Waals surface area contributed by atoms with E-state index in [2.05, 4.69) is 5.32 Å². The second kappa shape index (κ2) is 8.34. The minimum absolute atomic E-state index is 0.0661. The molecule has 1 N–H and O–H groups in total. The highest BCUT2D eigenvalue weighted by molar-refractivity contribution is 6.30. The molecule has 0 bridgehead atoms. The molecule has 26 heavy (non-hydrogen) atoms. The first-order valence-electron chi connectivity index (χ1n) is 8.48. The molecule has 5 nitrogen and oxygen atoms in total. The van der Waals surface area contributed by atoms with Gasteiger partial charge in [-0.15, -0.1) is 0 Å². The fraction of sp³-hybridized carbons (Fsp3) is 0.300. The predicted octanol–water partition coefficient (Wildman–Crippen LogP) is 2.73. The number of benzene rings is 2. The SMILES string of the molecule is COCCN1C(=O)Cc2ccccc2C1C(=O)NCc1cccc(Cl)c1. The Labute approximate surface area is 157 Å². The molecule has 6 heteroatoms. The van der Waals surface area contributed by atoms with Crippen LogP contribution in [0.1, 0.15) is 22.7 Å². The molecule has 1 atom stereocenters. The predicted molar refractivity (Wildman–Crippen MR) is 99.8 cm³/mol. The van der Waals surface area contributed by atoms with Gasteiger partial charge in [-0.3, -0.25) is 9.59 Å². The van der Waals surface area contributed by atoms with Gasteiger partial charge in [-0.05, 0) is 28.8 Å². The number of halogens is 1. The molecule has 2 aromatic rings. The van der Waals surface area contributed by atoms with Gasteiger partial charge in [0.25, 0.3) is 0 Å². The number of carbonyl (C=O) groups excluding carboxylic acids is 2. The van der Waals surface area contributed by atoms with Crippen LogP contribution in [-0.4, -0.2) is 37.0 Å². The highest BCUT2D eigenvalue weighted by atomic mass is 35.5. The van der Waals surface area contributed by atoms with Crippen molar-refractivity contribution in [1.82, 2.24) is 10.2 Å². The van der Waals surface area contributed by atoms with Gasteiger partial charge in [0.2, 0.25) is 11.8 Å². The Balaban J connectivity index is 1.82. The molecule has 1 aliphatic heterocycles. The van der Waals surface area contributed by atoms with Crippen molar-refractivity contribution in [2.75, 3.05) is 20.3 Å². The lowest BCUT2D eigenvalue weighted by atomic mass is 9.91. The first-order valence-corrected chi connectivity index (χ1v) is 8.86. The van der Waals surface area contributed by atoms with Crippen molar-refractivity contribution in [3.8, 4) is 0 Å². The monoisotopic (exact) mass is 372 g/mol. The van der Waals surface area contributed by atoms with Crippen molar-refractivity contribution >= 4 is 23.4 Å². The van der Waals surface area contributed by atoms with Gasteiger partial charge in [-0.2, -0.15) is 0 Å². The van der Waals surface area contributed by atoms with E-state index in [-0.39, 0.29) is 11.8 Å². The van der Waals surface area contributed by atoms with Crippen LogP contribution in [0.3, 0.4) is 0 Å². The van der Waals surface area contributed by atoms with Crippen LogP contribution >= 0.6 is 11.6 Å². The summed E-state index contributed by atoms with van der Waals surface area (Å²) in [5.74, 6) is -0.273. The topological polar surface area (TPSA) is 58.6 Å². The average Bonchev–Trinajstić information content (AvgIpc) is 2.64. The zero-order chi connectivity index (χ0) is 18.5. The van der Waals surface area contributed by atoms with Crippen molar-refractivity contribution in [2.24, 2.45) is 0 Å². The van der Waals surface area contributed by atoms with Gasteiger partial charge in [-0.1, -0.05) is 48.0 Å². The molecular formula is C20H21ClN2O3. The maximum atomic E-state index is 13.0. The highest BCUT2D eigenvalue weighted by Crippen LogP contribution is 2.30. The van der Waals surface area contributed by atoms with E-state index >= 15 is 0 Å². The first kappa shape index (κ1) is 18.4. The Morgan fingerprint density at radius 3 is 2.85 bits per heavy atom. The number of nitrogens with one attached hydrogen (secondary N) is 1. The molecule has 1 aliphatic rings. The lowest BCUT2D eigenvalue weighted by molar-refractivity contribution is -0.142. The fourth-order valence-corrected chi connectivity index (χ4v) is 3.41. The lowest BCUT2D eigenvalue weighted by Crippen LogP contribution is -2.48. The summed E-state index contributed by atoms with van der Waals surface area (Å²) in [6, 6.07) is 14.3. The quantitative estimate of drug-likeness (QED) is 0.848. The molecule has 2 aromatic carbocycles. The van der Waals surface area contributed by atoms with Crippen molar-refractivity contribution in [2.45, 2.75) is 19.0 Å². The lowest BCUT2D eigenvalue weighted by Gasteiger charge is -2.36. The Kier molecular flexibility index (Phi) is 5.91. The van der Waals surface area contributed by atoms with Crippen LogP contribution in [0.5, 0.6) is 0 Å². The molecule has 0 aromatic heterocycles. The van der Waals surface area contributed by atoms with Gasteiger partial charge in [0, 0.05) is 25.2 Å². The molecule has 0 saturated carbocycles. The number of carbonyl (C=O) groups is 2. The summed E-state index contributed by atoms with van der Waals surface area (Å²) in [6.45, 7) is 1.11. The Bertz CT molecular complexity index is 809. The molecule has 1 unspecified atom stereocenters. The second-order valence-corrected chi connectivity index (χ2v) is 6.64. The summed E-state index contributed by atoms with van der Waals surface area (Å²) in [7, 11) is 1.58. The average molecular weight is 373 g/mol. The van der Waals surface area contributed by atoms with Crippen LogP contribution in [0.25, 0.3) is 0 Å². The van der Waals surface area contributed by atoms with Crippen LogP contribution in [0.2, 0.25) is 5.02 Å². The molecule has 0 fully saturated rings. The number of hydrogen-bond donors (Lipinski definition) is 1. The van der Waals surface area contributed by atoms with Gasteiger partial charge in [0.15, 0.2) is 0 Å². The van der Waals surface area contributed by atoms with Gasteiger partial charge in [-0.25, -0.2) is 0 Å². The van der Waals surface area contributed by atoms with Crippen LogP contribution in [0.15, 0.2) is 48.5 Å². The van der Waals surface area contributed by atoms with Crippen LogP contribution in [0.4, 0.5) is 0 Å². The minimum atomic E-state index is -0.651. The van der Waals surface area contributed by atoms with E-state index in [1.54, 1.807) is 18.1 Å². The molecule has 136 valence electrons. The zero-order valence-corrected chi connectivity index (χ0v) is 15.3. The third-order valence-electron chi connectivity index (χ3n) is 4.46. The number of fused-ring (bicyclic) bond motifs is 1. The molecule has 1 heterocycles. The number of methoxy groups -OCH3 is 1. The number of nitrogens with zero attached hydrogens (tertiary/aromatic N) is 1. The number of ether oxygens (including phenoxy) is 1. The summed E-state index contributed by atoms with van der Waals surface area (Å²) in [5, 5.41) is 3.55. The van der Waals surface area contributed by atoms with Crippen molar-refractivity contribution < 1.29 is 14.3 Å². The third kappa shape index (κ3) is 4.06. The van der Waals surface area contributed by atoms with E-state index in [1.807, 2.05) is 42.5 Å². The van der Waals surface area contributed by atoms with E-state index in [0.717, 1.165) is 16.7 Å². The molecule has 0 spiro atoms. The molecule has 0 saturated heterocycles. The fourth-order valence-electron chi connectivity index (χ4n) is 3.20. The maximum Gasteiger partial charge on any atom is 0.247 e. The summed E-state index contributed by atoms with van der Waals surface area (Å²) in [5.41, 5.74) is 2.67. The third-order valence-corrected chi connectivity index (χ3v) is 4.70. The van der Waals surface area contributed by atoms with Gasteiger partial charge >= 0.3 is 0 Å². The summed E-state index contributed by atoms with van der Waals surface area (Å²) in [6.07, 6.45) is 0.304. The standard InChI is InChI=1S/C20H21ClN2O3/c1-26-10-9-23-18(24)12-15-6-2-3-8-17(15)19(23)20(25)22-13-14-5-4-7-16(21)11-14/h2-8,11,19H,9-10,12-13H2,1H3,(H,22,25). The van der Waals surface area contributed by atoms with Gasteiger partial charge < -0.3 is 15.0 Å². The molecule has 2 amide bonds. The van der Waals surface area contributed by atoms with E-state index in [0.29, 0.717) is 31.1 Å². The summed E-state index contributed by atoms with van der Waals surface area (Å²) in [4.78, 5) is 27.1. The Morgan fingerprint density at radius 1 is 1.27 bits per heavy atom. The van der Waals surface area contributed by atoms with Gasteiger partial charge in [0.05, 0.1) is 13.0 Å². The van der Waals surface area contributed by atoms with E-state index in [9.17, 15) is 9.59 Å². The van der Waals surface area contributed by atoms with Crippen molar-refractivity contribution in [1.29, 1.82) is 0 Å². The van der Waals surface area contributed by atoms with Crippen molar-refractivity contribution in [3.63, 3.8) is 0 Å². The Morgan fingerprint density at radius 2 is 2.08 bits per heavy atom. The smallest absolute Gasteiger partial charge is 0.247 e. The van der Waals surface area contributed by atoms with E-state index in [1.165, 1.54) is 0 Å². The van der Waals surface area contributed by atoms with Crippen LogP contribution in [0, 0.1) is 0 Å². The highest BCUT2D eigenvalue weighted by Gasteiger charge is 2.36. The second-order valence-electron chi connectivity index (χ2n) is 6.21.